The fourth-order valence-electron chi connectivity index (χ4n) is 4.86. The lowest BCUT2D eigenvalue weighted by atomic mass is 9.95. The summed E-state index contributed by atoms with van der Waals surface area (Å²) < 4.78 is 5.85. The van der Waals surface area contributed by atoms with Gasteiger partial charge in [-0.1, -0.05) is 6.07 Å². The predicted molar refractivity (Wildman–Crippen MR) is 124 cm³/mol. The zero-order valence-electron chi connectivity index (χ0n) is 19.6. The first-order valence-electron chi connectivity index (χ1n) is 11.7. The molecule has 6 heteroatoms. The lowest BCUT2D eigenvalue weighted by Crippen LogP contribution is -2.49. The fraction of sp³-hybridized carbons (Fsp3) is 0.680. The Morgan fingerprint density at radius 3 is 2.42 bits per heavy atom. The van der Waals surface area contributed by atoms with Crippen molar-refractivity contribution in [2.45, 2.75) is 59.2 Å². The van der Waals surface area contributed by atoms with E-state index in [2.05, 4.69) is 55.7 Å². The Kier molecular flexibility index (Phi) is 8.48. The highest BCUT2D eigenvalue weighted by Gasteiger charge is 2.28. The quantitative estimate of drug-likeness (QED) is 0.669. The number of ether oxygens (including phenoxy) is 1. The zero-order chi connectivity index (χ0) is 22.4. The molecular weight excluding hydrogens is 388 g/mol. The van der Waals surface area contributed by atoms with E-state index in [4.69, 9.17) is 10.00 Å². The third-order valence-electron chi connectivity index (χ3n) is 6.63. The number of hydrogen-bond acceptors (Lipinski definition) is 5. The SMILES string of the molecule is Cc1ccc(N(CCC#N)C(=O)CN2CCC(CN3CC(C)OC(C)C3)CC2)cc1C. The van der Waals surface area contributed by atoms with Gasteiger partial charge in [-0.25, -0.2) is 0 Å². The van der Waals surface area contributed by atoms with Crippen LogP contribution in [-0.4, -0.2) is 73.7 Å². The number of hydrogen-bond donors (Lipinski definition) is 0. The normalized spacial score (nSPS) is 23.5. The minimum Gasteiger partial charge on any atom is -0.373 e. The van der Waals surface area contributed by atoms with Gasteiger partial charge in [0.1, 0.15) is 0 Å². The van der Waals surface area contributed by atoms with Crippen LogP contribution >= 0.6 is 0 Å². The van der Waals surface area contributed by atoms with Crippen LogP contribution in [-0.2, 0) is 9.53 Å². The molecule has 0 spiro atoms. The summed E-state index contributed by atoms with van der Waals surface area (Å²) in [4.78, 5) is 19.8. The van der Waals surface area contributed by atoms with Crippen LogP contribution in [0.25, 0.3) is 0 Å². The van der Waals surface area contributed by atoms with Crippen molar-refractivity contribution < 1.29 is 9.53 Å². The number of carbonyl (C=O) groups is 1. The van der Waals surface area contributed by atoms with Crippen LogP contribution in [0.5, 0.6) is 0 Å². The van der Waals surface area contributed by atoms with Gasteiger partial charge in [-0.05, 0) is 82.8 Å². The Morgan fingerprint density at radius 2 is 1.81 bits per heavy atom. The molecule has 2 aliphatic heterocycles. The molecule has 2 atom stereocenters. The Hall–Kier alpha value is -1.94. The summed E-state index contributed by atoms with van der Waals surface area (Å²) >= 11 is 0. The van der Waals surface area contributed by atoms with Gasteiger partial charge < -0.3 is 9.64 Å². The van der Waals surface area contributed by atoms with Crippen LogP contribution in [0.3, 0.4) is 0 Å². The maximum absolute atomic E-state index is 13.1. The summed E-state index contributed by atoms with van der Waals surface area (Å²) in [5.74, 6) is 0.783. The van der Waals surface area contributed by atoms with Gasteiger partial charge in [0.05, 0.1) is 31.2 Å². The second kappa shape index (κ2) is 11.1. The number of benzene rings is 1. The lowest BCUT2D eigenvalue weighted by molar-refractivity contribution is -0.120. The molecule has 2 aliphatic rings. The van der Waals surface area contributed by atoms with Gasteiger partial charge in [-0.15, -0.1) is 0 Å². The van der Waals surface area contributed by atoms with Gasteiger partial charge in [0, 0.05) is 31.9 Å². The lowest BCUT2D eigenvalue weighted by Gasteiger charge is -2.39. The predicted octanol–water partition coefficient (Wildman–Crippen LogP) is 3.37. The Balaban J connectivity index is 1.52. The third-order valence-corrected chi connectivity index (χ3v) is 6.63. The highest BCUT2D eigenvalue weighted by atomic mass is 16.5. The van der Waals surface area contributed by atoms with E-state index in [1.165, 1.54) is 11.1 Å². The largest absolute Gasteiger partial charge is 0.373 e. The maximum atomic E-state index is 13.1. The molecule has 2 unspecified atom stereocenters. The summed E-state index contributed by atoms with van der Waals surface area (Å²) in [6.45, 7) is 14.4. The number of amides is 1. The van der Waals surface area contributed by atoms with Crippen molar-refractivity contribution in [2.75, 3.05) is 50.7 Å². The molecule has 0 radical (unpaired) electrons. The molecular formula is C25H38N4O2. The molecule has 0 saturated carbocycles. The van der Waals surface area contributed by atoms with Gasteiger partial charge in [-0.2, -0.15) is 5.26 Å². The van der Waals surface area contributed by atoms with E-state index in [0.717, 1.165) is 51.3 Å². The molecule has 1 aromatic carbocycles. The van der Waals surface area contributed by atoms with Gasteiger partial charge in [0.2, 0.25) is 5.91 Å². The number of anilines is 1. The van der Waals surface area contributed by atoms with Crippen molar-refractivity contribution in [1.29, 1.82) is 5.26 Å². The van der Waals surface area contributed by atoms with Gasteiger partial charge in [0.15, 0.2) is 0 Å². The van der Waals surface area contributed by atoms with E-state index in [1.54, 1.807) is 4.90 Å². The van der Waals surface area contributed by atoms with E-state index in [1.807, 2.05) is 6.07 Å². The maximum Gasteiger partial charge on any atom is 0.241 e. The van der Waals surface area contributed by atoms with Crippen LogP contribution in [0, 0.1) is 31.1 Å². The molecule has 0 bridgehead atoms. The zero-order valence-corrected chi connectivity index (χ0v) is 19.6. The molecule has 0 aliphatic carbocycles. The minimum absolute atomic E-state index is 0.0905. The molecule has 170 valence electrons. The van der Waals surface area contributed by atoms with Crippen molar-refractivity contribution in [1.82, 2.24) is 9.80 Å². The first-order valence-corrected chi connectivity index (χ1v) is 11.7. The molecule has 0 aromatic heterocycles. The van der Waals surface area contributed by atoms with E-state index in [-0.39, 0.29) is 5.91 Å². The Bertz CT molecular complexity index is 772. The van der Waals surface area contributed by atoms with E-state index < -0.39 is 0 Å². The average Bonchev–Trinajstić information content (AvgIpc) is 2.71. The third kappa shape index (κ3) is 6.77. The molecule has 31 heavy (non-hydrogen) atoms. The van der Waals surface area contributed by atoms with E-state index >= 15 is 0 Å². The van der Waals surface area contributed by atoms with Crippen molar-refractivity contribution in [3.63, 3.8) is 0 Å². The average molecular weight is 427 g/mol. The first kappa shape index (κ1) is 23.7. The van der Waals surface area contributed by atoms with Crippen molar-refractivity contribution in [2.24, 2.45) is 5.92 Å². The number of nitrogens with zero attached hydrogens (tertiary/aromatic N) is 4. The molecule has 6 nitrogen and oxygen atoms in total. The number of piperidine rings is 1. The molecule has 2 fully saturated rings. The van der Waals surface area contributed by atoms with Crippen molar-refractivity contribution in [3.05, 3.63) is 29.3 Å². The van der Waals surface area contributed by atoms with Gasteiger partial charge in [0.25, 0.3) is 0 Å². The number of nitriles is 1. The van der Waals surface area contributed by atoms with Gasteiger partial charge in [-0.3, -0.25) is 14.6 Å². The summed E-state index contributed by atoms with van der Waals surface area (Å²) in [6, 6.07) is 8.28. The smallest absolute Gasteiger partial charge is 0.241 e. The Labute approximate surface area is 187 Å². The number of aryl methyl sites for hydroxylation is 2. The number of morpholine rings is 1. The number of likely N-dealkylation sites (tertiary alicyclic amines) is 1. The van der Waals surface area contributed by atoms with Crippen LogP contribution in [0.1, 0.15) is 44.2 Å². The second-order valence-electron chi connectivity index (χ2n) is 9.42. The van der Waals surface area contributed by atoms with E-state index in [9.17, 15) is 4.79 Å². The number of rotatable bonds is 7. The van der Waals surface area contributed by atoms with Crippen LogP contribution in [0.2, 0.25) is 0 Å². The van der Waals surface area contributed by atoms with Gasteiger partial charge >= 0.3 is 0 Å². The molecule has 3 rings (SSSR count). The standard InChI is InChI=1S/C25H38N4O2/c1-19-6-7-24(14-20(19)2)29(11-5-10-26)25(30)18-27-12-8-23(9-13-27)17-28-15-21(3)31-22(4)16-28/h6-7,14,21-23H,5,8-9,11-13,15-18H2,1-4H3. The molecule has 1 amide bonds. The molecule has 1 aromatic rings. The fourth-order valence-corrected chi connectivity index (χ4v) is 4.86. The van der Waals surface area contributed by atoms with Crippen molar-refractivity contribution in [3.8, 4) is 6.07 Å². The summed E-state index contributed by atoms with van der Waals surface area (Å²) in [5, 5.41) is 9.05. The monoisotopic (exact) mass is 426 g/mol. The van der Waals surface area contributed by atoms with Crippen LogP contribution in [0.15, 0.2) is 18.2 Å². The second-order valence-corrected chi connectivity index (χ2v) is 9.42. The van der Waals surface area contributed by atoms with E-state index in [0.29, 0.717) is 37.6 Å². The van der Waals surface area contributed by atoms with Crippen molar-refractivity contribution >= 4 is 11.6 Å². The first-order chi connectivity index (χ1) is 14.9. The molecule has 0 N–H and O–H groups in total. The highest BCUT2D eigenvalue weighted by Crippen LogP contribution is 2.23. The summed E-state index contributed by atoms with van der Waals surface area (Å²) in [7, 11) is 0. The minimum atomic E-state index is 0.0905. The molecule has 2 saturated heterocycles. The Morgan fingerprint density at radius 1 is 1.13 bits per heavy atom. The number of carbonyl (C=O) groups excluding carboxylic acids is 1. The summed E-state index contributed by atoms with van der Waals surface area (Å²) in [5.41, 5.74) is 3.27. The highest BCUT2D eigenvalue weighted by molar-refractivity contribution is 5.95. The summed E-state index contributed by atoms with van der Waals surface area (Å²) in [6.07, 6.45) is 3.24. The van der Waals surface area contributed by atoms with Crippen LogP contribution in [0.4, 0.5) is 5.69 Å². The van der Waals surface area contributed by atoms with Crippen LogP contribution < -0.4 is 4.90 Å². The topological polar surface area (TPSA) is 59.8 Å². The molecule has 2 heterocycles.